The summed E-state index contributed by atoms with van der Waals surface area (Å²) in [4.78, 5) is 0. The Morgan fingerprint density at radius 1 is 1.35 bits per heavy atom. The van der Waals surface area contributed by atoms with Gasteiger partial charge >= 0.3 is 0 Å². The maximum absolute atomic E-state index is 5.49. The van der Waals surface area contributed by atoms with Gasteiger partial charge in [0.25, 0.3) is 0 Å². The molecule has 2 heteroatoms. The van der Waals surface area contributed by atoms with E-state index in [-0.39, 0.29) is 5.41 Å². The van der Waals surface area contributed by atoms with Crippen LogP contribution in [0, 0.1) is 12.3 Å². The van der Waals surface area contributed by atoms with E-state index in [0.29, 0.717) is 0 Å². The molecule has 0 aliphatic rings. The number of aromatic amines is 1. The van der Waals surface area contributed by atoms with Gasteiger partial charge in [-0.25, -0.2) is 0 Å². The first-order valence-corrected chi connectivity index (χ1v) is 6.68. The molecule has 0 saturated carbocycles. The number of nitrogens with zero attached hydrogens (tertiary/aromatic N) is 1. The van der Waals surface area contributed by atoms with E-state index >= 15 is 0 Å². The molecule has 0 aliphatic carbocycles. The van der Waals surface area contributed by atoms with Crippen LogP contribution in [0.3, 0.4) is 0 Å². The lowest BCUT2D eigenvalue weighted by atomic mass is 9.76. The van der Waals surface area contributed by atoms with Crippen LogP contribution >= 0.6 is 0 Å². The van der Waals surface area contributed by atoms with Crippen LogP contribution in [-0.2, 0) is 5.41 Å². The third-order valence-corrected chi connectivity index (χ3v) is 3.79. The van der Waals surface area contributed by atoms with Crippen molar-refractivity contribution in [3.63, 3.8) is 0 Å². The van der Waals surface area contributed by atoms with Gasteiger partial charge in [-0.3, -0.25) is 5.10 Å². The second kappa shape index (κ2) is 6.49. The van der Waals surface area contributed by atoms with Crippen LogP contribution in [0.1, 0.15) is 70.6 Å². The molecule has 1 heterocycles. The zero-order chi connectivity index (χ0) is 12.7. The monoisotopic (exact) mass is 232 g/mol. The Kier molecular flexibility index (Phi) is 5.28. The van der Waals surface area contributed by atoms with Crippen LogP contribution < -0.4 is 0 Å². The van der Waals surface area contributed by atoms with E-state index < -0.39 is 0 Å². The fourth-order valence-corrected chi connectivity index (χ4v) is 2.30. The van der Waals surface area contributed by atoms with E-state index in [1.165, 1.54) is 37.7 Å². The van der Waals surface area contributed by atoms with E-state index in [1.807, 2.05) is 6.20 Å². The Morgan fingerprint density at radius 3 is 2.71 bits per heavy atom. The molecule has 1 rings (SSSR count). The smallest absolute Gasteiger partial charge is 0.138 e. The van der Waals surface area contributed by atoms with Crippen molar-refractivity contribution in [2.75, 3.05) is 0 Å². The molecule has 17 heavy (non-hydrogen) atoms. The number of terminal acetylenes is 1. The quantitative estimate of drug-likeness (QED) is 0.558. The summed E-state index contributed by atoms with van der Waals surface area (Å²) >= 11 is 0. The van der Waals surface area contributed by atoms with Crippen molar-refractivity contribution in [3.8, 4) is 12.3 Å². The number of unbranched alkanes of at least 4 members (excludes halogenated alkanes) is 3. The summed E-state index contributed by atoms with van der Waals surface area (Å²) in [6, 6.07) is 0. The molecule has 94 valence electrons. The topological polar surface area (TPSA) is 28.7 Å². The summed E-state index contributed by atoms with van der Waals surface area (Å²) in [6.07, 6.45) is 15.0. The van der Waals surface area contributed by atoms with Gasteiger partial charge in [-0.15, -0.1) is 6.42 Å². The fraction of sp³-hybridized carbons (Fsp3) is 0.667. The predicted octanol–water partition coefficient (Wildman–Crippen LogP) is 4.03. The average Bonchev–Trinajstić information content (AvgIpc) is 2.83. The summed E-state index contributed by atoms with van der Waals surface area (Å²) in [5.74, 6) is 2.67. The van der Waals surface area contributed by atoms with Gasteiger partial charge in [0.05, 0.1) is 0 Å². The summed E-state index contributed by atoms with van der Waals surface area (Å²) in [5.41, 5.74) is 2.16. The first kappa shape index (κ1) is 13.8. The SMILES string of the molecule is C#Cc1n[nH]cc1C(C)(CC)CCCCCC. The molecule has 1 unspecified atom stereocenters. The molecule has 0 amide bonds. The lowest BCUT2D eigenvalue weighted by Crippen LogP contribution is -2.21. The van der Waals surface area contributed by atoms with Gasteiger partial charge in [0.15, 0.2) is 0 Å². The third-order valence-electron chi connectivity index (χ3n) is 3.79. The molecule has 0 spiro atoms. The molecule has 2 nitrogen and oxygen atoms in total. The van der Waals surface area contributed by atoms with Crippen LogP contribution in [0.5, 0.6) is 0 Å². The minimum Gasteiger partial charge on any atom is -0.284 e. The van der Waals surface area contributed by atoms with E-state index in [4.69, 9.17) is 6.42 Å². The second-order valence-corrected chi connectivity index (χ2v) is 5.02. The van der Waals surface area contributed by atoms with Gasteiger partial charge in [0.1, 0.15) is 5.69 Å². The molecular formula is C15H24N2. The summed E-state index contributed by atoms with van der Waals surface area (Å²) < 4.78 is 0. The van der Waals surface area contributed by atoms with Crippen LogP contribution in [-0.4, -0.2) is 10.2 Å². The molecular weight excluding hydrogens is 208 g/mol. The predicted molar refractivity (Wildman–Crippen MR) is 72.9 cm³/mol. The molecule has 0 saturated heterocycles. The van der Waals surface area contributed by atoms with Crippen LogP contribution in [0.25, 0.3) is 0 Å². The zero-order valence-corrected chi connectivity index (χ0v) is 11.3. The van der Waals surface area contributed by atoms with Gasteiger partial charge in [0, 0.05) is 11.8 Å². The lowest BCUT2D eigenvalue weighted by Gasteiger charge is -2.27. The van der Waals surface area contributed by atoms with Crippen molar-refractivity contribution < 1.29 is 0 Å². The number of nitrogens with one attached hydrogen (secondary N) is 1. The molecule has 1 N–H and O–H groups in total. The molecule has 1 atom stereocenters. The summed E-state index contributed by atoms with van der Waals surface area (Å²) in [6.45, 7) is 6.77. The van der Waals surface area contributed by atoms with Gasteiger partial charge in [0.2, 0.25) is 0 Å². The van der Waals surface area contributed by atoms with E-state index in [0.717, 1.165) is 12.1 Å². The zero-order valence-electron chi connectivity index (χ0n) is 11.3. The van der Waals surface area contributed by atoms with Gasteiger partial charge in [-0.1, -0.05) is 46.5 Å². The highest BCUT2D eigenvalue weighted by molar-refractivity contribution is 5.37. The van der Waals surface area contributed by atoms with Gasteiger partial charge < -0.3 is 0 Å². The first-order valence-electron chi connectivity index (χ1n) is 6.68. The van der Waals surface area contributed by atoms with E-state index in [2.05, 4.69) is 36.9 Å². The Hall–Kier alpha value is -1.23. The minimum absolute atomic E-state index is 0.169. The van der Waals surface area contributed by atoms with Crippen molar-refractivity contribution in [2.45, 2.75) is 64.7 Å². The highest BCUT2D eigenvalue weighted by Crippen LogP contribution is 2.34. The van der Waals surface area contributed by atoms with E-state index in [9.17, 15) is 0 Å². The Balaban J connectivity index is 2.71. The lowest BCUT2D eigenvalue weighted by molar-refractivity contribution is 0.395. The highest BCUT2D eigenvalue weighted by atomic mass is 15.1. The number of rotatable bonds is 7. The second-order valence-electron chi connectivity index (χ2n) is 5.02. The van der Waals surface area contributed by atoms with Gasteiger partial charge in [-0.05, 0) is 24.2 Å². The largest absolute Gasteiger partial charge is 0.284 e. The van der Waals surface area contributed by atoms with Gasteiger partial charge in [-0.2, -0.15) is 5.10 Å². The third kappa shape index (κ3) is 3.36. The molecule has 0 aromatic carbocycles. The van der Waals surface area contributed by atoms with Crippen LogP contribution in [0.15, 0.2) is 6.20 Å². The molecule has 1 aromatic rings. The van der Waals surface area contributed by atoms with Crippen molar-refractivity contribution in [3.05, 3.63) is 17.5 Å². The minimum atomic E-state index is 0.169. The summed E-state index contributed by atoms with van der Waals surface area (Å²) in [7, 11) is 0. The van der Waals surface area contributed by atoms with Crippen molar-refractivity contribution in [1.82, 2.24) is 10.2 Å². The fourth-order valence-electron chi connectivity index (χ4n) is 2.30. The van der Waals surface area contributed by atoms with Crippen molar-refractivity contribution >= 4 is 0 Å². The molecule has 0 radical (unpaired) electrons. The molecule has 0 aliphatic heterocycles. The number of H-pyrrole nitrogens is 1. The molecule has 0 bridgehead atoms. The van der Waals surface area contributed by atoms with Crippen molar-refractivity contribution in [2.24, 2.45) is 0 Å². The molecule has 0 fully saturated rings. The van der Waals surface area contributed by atoms with Crippen molar-refractivity contribution in [1.29, 1.82) is 0 Å². The Morgan fingerprint density at radius 2 is 2.12 bits per heavy atom. The molecule has 1 aromatic heterocycles. The Labute approximate surface area is 105 Å². The van der Waals surface area contributed by atoms with Crippen LogP contribution in [0.4, 0.5) is 0 Å². The standard InChI is InChI=1S/C15H24N2/c1-5-8-9-10-11-15(4,7-3)13-12-16-17-14(13)6-2/h2,12H,5,7-11H2,1,3-4H3,(H,16,17). The number of hydrogen-bond donors (Lipinski definition) is 1. The van der Waals surface area contributed by atoms with E-state index in [1.54, 1.807) is 0 Å². The summed E-state index contributed by atoms with van der Waals surface area (Å²) in [5, 5.41) is 7.03. The normalized spacial score (nSPS) is 14.2. The first-order chi connectivity index (χ1) is 8.18. The Bertz CT molecular complexity index is 373. The van der Waals surface area contributed by atoms with Crippen LogP contribution in [0.2, 0.25) is 0 Å². The average molecular weight is 232 g/mol. The number of hydrogen-bond acceptors (Lipinski definition) is 1. The highest BCUT2D eigenvalue weighted by Gasteiger charge is 2.27. The maximum Gasteiger partial charge on any atom is 0.138 e. The maximum atomic E-state index is 5.49. The number of aromatic nitrogens is 2.